The average molecular weight is 385 g/mol. The minimum atomic E-state index is -0.552. The van der Waals surface area contributed by atoms with Gasteiger partial charge >= 0.3 is 5.69 Å². The van der Waals surface area contributed by atoms with Crippen LogP contribution in [0.15, 0.2) is 33.9 Å². The number of aromatic nitrogens is 2. The molecule has 4 N–H and O–H groups in total. The lowest BCUT2D eigenvalue weighted by Crippen LogP contribution is -2.47. The predicted octanol–water partition coefficient (Wildman–Crippen LogP) is -0.443. The Balaban J connectivity index is 1.50. The zero-order valence-electron chi connectivity index (χ0n) is 15.6. The summed E-state index contributed by atoms with van der Waals surface area (Å²) >= 11 is 0. The lowest BCUT2D eigenvalue weighted by atomic mass is 10.1. The highest BCUT2D eigenvalue weighted by Crippen LogP contribution is 2.16. The van der Waals surface area contributed by atoms with Crippen LogP contribution in [-0.2, 0) is 22.6 Å². The van der Waals surface area contributed by atoms with Gasteiger partial charge in [0.1, 0.15) is 0 Å². The van der Waals surface area contributed by atoms with Crippen molar-refractivity contribution in [3.8, 4) is 0 Å². The number of carbonyl (C=O) groups is 2. The molecular weight excluding hydrogens is 362 g/mol. The summed E-state index contributed by atoms with van der Waals surface area (Å²) in [7, 11) is 0. The molecule has 1 aromatic carbocycles. The number of aryl methyl sites for hydroxylation is 1. The molecule has 0 bridgehead atoms. The maximum Gasteiger partial charge on any atom is 0.325 e. The molecule has 2 amide bonds. The Labute approximate surface area is 161 Å². The number of nitrogens with one attached hydrogen (secondary N) is 4. The molecule has 148 valence electrons. The second-order valence-corrected chi connectivity index (χ2v) is 6.73. The Hall–Kier alpha value is -3.36. The Bertz CT molecular complexity index is 977. The number of piperazine rings is 1. The first kappa shape index (κ1) is 19.4. The number of benzene rings is 1. The molecule has 1 aliphatic heterocycles. The third-order valence-corrected chi connectivity index (χ3v) is 4.69. The van der Waals surface area contributed by atoms with E-state index in [0.717, 1.165) is 17.8 Å². The van der Waals surface area contributed by atoms with Gasteiger partial charge in [-0.15, -0.1) is 0 Å². The van der Waals surface area contributed by atoms with Gasteiger partial charge in [-0.25, -0.2) is 4.79 Å². The number of H-pyrrole nitrogens is 2. The van der Waals surface area contributed by atoms with E-state index in [2.05, 4.69) is 20.6 Å². The van der Waals surface area contributed by atoms with Gasteiger partial charge in [0.15, 0.2) is 0 Å². The van der Waals surface area contributed by atoms with Crippen molar-refractivity contribution >= 4 is 17.5 Å². The molecule has 0 atom stereocenters. The van der Waals surface area contributed by atoms with E-state index < -0.39 is 11.2 Å². The summed E-state index contributed by atoms with van der Waals surface area (Å²) in [6.45, 7) is 3.76. The van der Waals surface area contributed by atoms with Crippen molar-refractivity contribution in [1.29, 1.82) is 0 Å². The molecule has 9 heteroatoms. The maximum absolute atomic E-state index is 12.1. The van der Waals surface area contributed by atoms with Gasteiger partial charge in [0, 0.05) is 43.0 Å². The number of anilines is 1. The minimum Gasteiger partial charge on any atom is -0.360 e. The fourth-order valence-corrected chi connectivity index (χ4v) is 3.14. The van der Waals surface area contributed by atoms with Crippen LogP contribution in [0.1, 0.15) is 23.2 Å². The van der Waals surface area contributed by atoms with E-state index in [1.54, 1.807) is 6.92 Å². The van der Waals surface area contributed by atoms with Crippen LogP contribution in [0.5, 0.6) is 0 Å². The quantitative estimate of drug-likeness (QED) is 0.536. The molecule has 2 heterocycles. The van der Waals surface area contributed by atoms with E-state index in [1.165, 1.54) is 0 Å². The van der Waals surface area contributed by atoms with Gasteiger partial charge in [-0.3, -0.25) is 19.4 Å². The van der Waals surface area contributed by atoms with Crippen molar-refractivity contribution in [3.63, 3.8) is 0 Å². The van der Waals surface area contributed by atoms with Crippen molar-refractivity contribution in [2.75, 3.05) is 24.5 Å². The first-order valence-corrected chi connectivity index (χ1v) is 9.12. The lowest BCUT2D eigenvalue weighted by Gasteiger charge is -2.28. The van der Waals surface area contributed by atoms with E-state index in [1.807, 2.05) is 29.2 Å². The molecule has 0 spiro atoms. The fraction of sp³-hybridized carbons (Fsp3) is 0.368. The van der Waals surface area contributed by atoms with Crippen LogP contribution in [0.2, 0.25) is 0 Å². The summed E-state index contributed by atoms with van der Waals surface area (Å²) in [5.74, 6) is -0.166. The normalized spacial score (nSPS) is 13.9. The molecule has 9 nitrogen and oxygen atoms in total. The molecule has 1 fully saturated rings. The molecule has 0 unspecified atom stereocenters. The Morgan fingerprint density at radius 2 is 1.89 bits per heavy atom. The molecule has 2 aromatic rings. The number of rotatable bonds is 6. The number of amides is 2. The zero-order valence-corrected chi connectivity index (χ0v) is 15.6. The average Bonchev–Trinajstić information content (AvgIpc) is 2.66. The zero-order chi connectivity index (χ0) is 20.1. The summed E-state index contributed by atoms with van der Waals surface area (Å²) in [4.78, 5) is 53.2. The van der Waals surface area contributed by atoms with Gasteiger partial charge in [-0.1, -0.05) is 12.1 Å². The second-order valence-electron chi connectivity index (χ2n) is 6.73. The molecule has 1 saturated heterocycles. The largest absolute Gasteiger partial charge is 0.360 e. The Kier molecular flexibility index (Phi) is 5.93. The van der Waals surface area contributed by atoms with Gasteiger partial charge in [-0.05, 0) is 31.0 Å². The highest BCUT2D eigenvalue weighted by atomic mass is 16.2. The first-order chi connectivity index (χ1) is 13.4. The molecule has 1 aliphatic rings. The van der Waals surface area contributed by atoms with Crippen molar-refractivity contribution in [2.24, 2.45) is 0 Å². The number of nitrogens with zero attached hydrogens (tertiary/aromatic N) is 1. The SMILES string of the molecule is Cc1[nH]c(=O)[nH]c(=O)c1CCC(=O)NCc1ccc(N2CCNC(=O)C2)cc1. The van der Waals surface area contributed by atoms with Crippen molar-refractivity contribution in [1.82, 2.24) is 20.6 Å². The van der Waals surface area contributed by atoms with Crippen LogP contribution in [-0.4, -0.2) is 41.4 Å². The third kappa shape index (κ3) is 4.87. The molecule has 28 heavy (non-hydrogen) atoms. The number of hydrogen-bond acceptors (Lipinski definition) is 5. The fourth-order valence-electron chi connectivity index (χ4n) is 3.14. The lowest BCUT2D eigenvalue weighted by molar-refractivity contribution is -0.121. The monoisotopic (exact) mass is 385 g/mol. The van der Waals surface area contributed by atoms with Gasteiger partial charge in [0.05, 0.1) is 6.54 Å². The van der Waals surface area contributed by atoms with Gasteiger partial charge in [0.2, 0.25) is 11.8 Å². The van der Waals surface area contributed by atoms with E-state index in [-0.39, 0.29) is 24.7 Å². The smallest absolute Gasteiger partial charge is 0.325 e. The second kappa shape index (κ2) is 8.55. The van der Waals surface area contributed by atoms with E-state index in [4.69, 9.17) is 0 Å². The molecule has 3 rings (SSSR count). The van der Waals surface area contributed by atoms with Crippen LogP contribution in [0.3, 0.4) is 0 Å². The summed E-state index contributed by atoms with van der Waals surface area (Å²) in [5.41, 5.74) is 1.78. The number of carbonyl (C=O) groups excluding carboxylic acids is 2. The van der Waals surface area contributed by atoms with E-state index >= 15 is 0 Å². The highest BCUT2D eigenvalue weighted by Gasteiger charge is 2.16. The predicted molar refractivity (Wildman–Crippen MR) is 104 cm³/mol. The van der Waals surface area contributed by atoms with Gasteiger partial charge in [0.25, 0.3) is 5.56 Å². The van der Waals surface area contributed by atoms with Gasteiger partial charge in [-0.2, -0.15) is 0 Å². The van der Waals surface area contributed by atoms with E-state index in [9.17, 15) is 19.2 Å². The van der Waals surface area contributed by atoms with Crippen LogP contribution in [0, 0.1) is 6.92 Å². The van der Waals surface area contributed by atoms with Crippen LogP contribution >= 0.6 is 0 Å². The van der Waals surface area contributed by atoms with Gasteiger partial charge < -0.3 is 20.5 Å². The third-order valence-electron chi connectivity index (χ3n) is 4.69. The van der Waals surface area contributed by atoms with Crippen LogP contribution in [0.4, 0.5) is 5.69 Å². The van der Waals surface area contributed by atoms with Crippen molar-refractivity contribution < 1.29 is 9.59 Å². The maximum atomic E-state index is 12.1. The molecule has 1 aromatic heterocycles. The van der Waals surface area contributed by atoms with Crippen LogP contribution < -0.4 is 26.8 Å². The number of hydrogen-bond donors (Lipinski definition) is 4. The van der Waals surface area contributed by atoms with Crippen molar-refractivity contribution in [3.05, 3.63) is 61.9 Å². The highest BCUT2D eigenvalue weighted by molar-refractivity contribution is 5.82. The summed E-state index contributed by atoms with van der Waals surface area (Å²) in [5, 5.41) is 5.62. The first-order valence-electron chi connectivity index (χ1n) is 9.12. The minimum absolute atomic E-state index is 0.0131. The number of aromatic amines is 2. The molecule has 0 aliphatic carbocycles. The Morgan fingerprint density at radius 1 is 1.14 bits per heavy atom. The topological polar surface area (TPSA) is 127 Å². The summed E-state index contributed by atoms with van der Waals surface area (Å²) in [6.07, 6.45) is 0.399. The standard InChI is InChI=1S/C19H23N5O4/c1-12-15(18(27)23-19(28)22-12)6-7-16(25)21-10-13-2-4-14(5-3-13)24-9-8-20-17(26)11-24/h2-5H,6-11H2,1H3,(H,20,26)(H,21,25)(H2,22,23,27,28). The molecular formula is C19H23N5O4. The summed E-state index contributed by atoms with van der Waals surface area (Å²) in [6, 6.07) is 7.70. The Morgan fingerprint density at radius 3 is 2.57 bits per heavy atom. The van der Waals surface area contributed by atoms with Crippen molar-refractivity contribution in [2.45, 2.75) is 26.3 Å². The molecule has 0 radical (unpaired) electrons. The van der Waals surface area contributed by atoms with Crippen LogP contribution in [0.25, 0.3) is 0 Å². The molecule has 0 saturated carbocycles. The van der Waals surface area contributed by atoms with E-state index in [0.29, 0.717) is 30.9 Å². The summed E-state index contributed by atoms with van der Waals surface area (Å²) < 4.78 is 0.